The third-order valence-electron chi connectivity index (χ3n) is 5.98. The van der Waals surface area contributed by atoms with Crippen molar-refractivity contribution < 1.29 is 14.3 Å². The number of benzene rings is 2. The second kappa shape index (κ2) is 10.1. The summed E-state index contributed by atoms with van der Waals surface area (Å²) in [6.45, 7) is 2.10. The molecule has 0 radical (unpaired) electrons. The van der Waals surface area contributed by atoms with Gasteiger partial charge in [-0.05, 0) is 54.7 Å². The minimum absolute atomic E-state index is 0.0798. The molecule has 4 rings (SSSR count). The smallest absolute Gasteiger partial charge is 0.262 e. The number of amides is 2. The van der Waals surface area contributed by atoms with Crippen molar-refractivity contribution in [2.24, 2.45) is 11.7 Å². The molecule has 2 aromatic rings. The highest BCUT2D eigenvalue weighted by molar-refractivity contribution is 8.05. The summed E-state index contributed by atoms with van der Waals surface area (Å²) >= 11 is 1.56. The van der Waals surface area contributed by atoms with E-state index in [4.69, 9.17) is 10.5 Å². The third kappa shape index (κ3) is 5.27. The van der Waals surface area contributed by atoms with Crippen LogP contribution in [0.1, 0.15) is 38.2 Å². The lowest BCUT2D eigenvalue weighted by atomic mass is 9.85. The quantitative estimate of drug-likeness (QED) is 0.608. The molecular formula is C25H29N3O3S. The standard InChI is InChI=1S/C25H29N3O3S/c1-17-7-5-6-10-21(17)28-24(30)22(32-25(28)27-19-8-3-2-4-9-19)15-18-11-13-20(14-12-18)31-16-23(26)29/h2-4,8-9,11-15,17,21,25,27H,5-7,10,16H2,1H3,(H2,26,29)/b22-15-/t17-,21-,25?/m0/s1. The van der Waals surface area contributed by atoms with Gasteiger partial charge >= 0.3 is 0 Å². The van der Waals surface area contributed by atoms with Crippen molar-refractivity contribution in [3.05, 3.63) is 65.1 Å². The molecule has 1 saturated heterocycles. The number of thioether (sulfide) groups is 1. The van der Waals surface area contributed by atoms with Crippen LogP contribution in [0.4, 0.5) is 5.69 Å². The summed E-state index contributed by atoms with van der Waals surface area (Å²) in [6.07, 6.45) is 6.52. The van der Waals surface area contributed by atoms with Crippen LogP contribution in [-0.4, -0.2) is 34.9 Å². The molecule has 1 aliphatic heterocycles. The Kier molecular flexibility index (Phi) is 7.05. The summed E-state index contributed by atoms with van der Waals surface area (Å²) in [4.78, 5) is 27.2. The zero-order valence-electron chi connectivity index (χ0n) is 18.2. The molecular weight excluding hydrogens is 422 g/mol. The van der Waals surface area contributed by atoms with Crippen LogP contribution in [-0.2, 0) is 9.59 Å². The number of rotatable bonds is 7. The number of hydrogen-bond acceptors (Lipinski definition) is 5. The maximum absolute atomic E-state index is 13.5. The first-order valence-corrected chi connectivity index (χ1v) is 11.9. The van der Waals surface area contributed by atoms with Crippen LogP contribution in [0.5, 0.6) is 5.75 Å². The highest BCUT2D eigenvalue weighted by Gasteiger charge is 2.42. The summed E-state index contributed by atoms with van der Waals surface area (Å²) < 4.78 is 5.32. The molecule has 32 heavy (non-hydrogen) atoms. The Hall–Kier alpha value is -2.93. The number of carbonyl (C=O) groups is 2. The van der Waals surface area contributed by atoms with E-state index in [9.17, 15) is 9.59 Å². The minimum atomic E-state index is -0.516. The lowest BCUT2D eigenvalue weighted by Gasteiger charge is -2.39. The predicted octanol–water partition coefficient (Wildman–Crippen LogP) is 4.44. The summed E-state index contributed by atoms with van der Waals surface area (Å²) in [5, 5.41) is 3.55. The number of carbonyl (C=O) groups excluding carboxylic acids is 2. The van der Waals surface area contributed by atoms with Gasteiger partial charge in [0.2, 0.25) is 0 Å². The number of primary amides is 1. The van der Waals surface area contributed by atoms with Crippen molar-refractivity contribution in [2.45, 2.75) is 44.1 Å². The van der Waals surface area contributed by atoms with E-state index in [0.29, 0.717) is 11.7 Å². The highest BCUT2D eigenvalue weighted by Crippen LogP contribution is 2.42. The van der Waals surface area contributed by atoms with Gasteiger partial charge in [-0.15, -0.1) is 0 Å². The molecule has 2 fully saturated rings. The van der Waals surface area contributed by atoms with E-state index in [-0.39, 0.29) is 24.1 Å². The fourth-order valence-electron chi connectivity index (χ4n) is 4.33. The average Bonchev–Trinajstić information content (AvgIpc) is 3.08. The first kappa shape index (κ1) is 22.3. The summed E-state index contributed by atoms with van der Waals surface area (Å²) in [5.74, 6) is 0.612. The van der Waals surface area contributed by atoms with Gasteiger partial charge in [-0.3, -0.25) is 9.59 Å². The van der Waals surface area contributed by atoms with Gasteiger partial charge in [0.05, 0.1) is 4.91 Å². The fourth-order valence-corrected chi connectivity index (χ4v) is 5.55. The van der Waals surface area contributed by atoms with Gasteiger partial charge in [-0.2, -0.15) is 0 Å². The molecule has 3 N–H and O–H groups in total. The molecule has 6 nitrogen and oxygen atoms in total. The van der Waals surface area contributed by atoms with Crippen molar-refractivity contribution in [2.75, 3.05) is 11.9 Å². The van der Waals surface area contributed by atoms with Crippen LogP contribution in [0.3, 0.4) is 0 Å². The largest absolute Gasteiger partial charge is 0.484 e. The second-order valence-corrected chi connectivity index (χ2v) is 9.48. The first-order valence-electron chi connectivity index (χ1n) is 11.0. The minimum Gasteiger partial charge on any atom is -0.484 e. The van der Waals surface area contributed by atoms with Gasteiger partial charge in [0.25, 0.3) is 11.8 Å². The van der Waals surface area contributed by atoms with Gasteiger partial charge in [-0.25, -0.2) is 0 Å². The maximum Gasteiger partial charge on any atom is 0.262 e. The van der Waals surface area contributed by atoms with Gasteiger partial charge in [0.15, 0.2) is 12.1 Å². The molecule has 0 bridgehead atoms. The van der Waals surface area contributed by atoms with Crippen molar-refractivity contribution in [1.82, 2.24) is 4.90 Å². The molecule has 2 amide bonds. The van der Waals surface area contributed by atoms with E-state index in [1.54, 1.807) is 23.9 Å². The normalized spacial score (nSPS) is 24.5. The Morgan fingerprint density at radius 2 is 1.88 bits per heavy atom. The maximum atomic E-state index is 13.5. The van der Waals surface area contributed by atoms with Crippen molar-refractivity contribution in [1.29, 1.82) is 0 Å². The van der Waals surface area contributed by atoms with Crippen LogP contribution in [0.25, 0.3) is 6.08 Å². The van der Waals surface area contributed by atoms with E-state index >= 15 is 0 Å². The highest BCUT2D eigenvalue weighted by atomic mass is 32.2. The Morgan fingerprint density at radius 1 is 1.16 bits per heavy atom. The number of nitrogens with two attached hydrogens (primary N) is 1. The third-order valence-corrected chi connectivity index (χ3v) is 7.10. The number of nitrogens with zero attached hydrogens (tertiary/aromatic N) is 1. The molecule has 1 unspecified atom stereocenters. The van der Waals surface area contributed by atoms with Crippen LogP contribution in [0.15, 0.2) is 59.5 Å². The Bertz CT molecular complexity index is 978. The van der Waals surface area contributed by atoms with Crippen molar-refractivity contribution in [3.8, 4) is 5.75 Å². The summed E-state index contributed by atoms with van der Waals surface area (Å²) in [7, 11) is 0. The number of anilines is 1. The Labute approximate surface area is 193 Å². The fraction of sp³-hybridized carbons (Fsp3) is 0.360. The Balaban J connectivity index is 1.56. The molecule has 3 atom stereocenters. The molecule has 2 aliphatic rings. The summed E-state index contributed by atoms with van der Waals surface area (Å²) in [6, 6.07) is 17.6. The van der Waals surface area contributed by atoms with E-state index in [0.717, 1.165) is 35.4 Å². The van der Waals surface area contributed by atoms with E-state index in [1.165, 1.54) is 6.42 Å². The monoisotopic (exact) mass is 451 g/mol. The lowest BCUT2D eigenvalue weighted by molar-refractivity contribution is -0.129. The number of nitrogens with one attached hydrogen (secondary N) is 1. The SMILES string of the molecule is C[C@H]1CCCC[C@@H]1N1C(=O)/C(=C/c2ccc(OCC(N)=O)cc2)SC1Nc1ccccc1. The number of ether oxygens (including phenoxy) is 1. The molecule has 1 aliphatic carbocycles. The van der Waals surface area contributed by atoms with Gasteiger partial charge in [0, 0.05) is 11.7 Å². The van der Waals surface area contributed by atoms with Crippen LogP contribution in [0.2, 0.25) is 0 Å². The predicted molar refractivity (Wildman–Crippen MR) is 129 cm³/mol. The zero-order valence-corrected chi connectivity index (χ0v) is 19.0. The summed E-state index contributed by atoms with van der Waals surface area (Å²) in [5.41, 5.74) is 6.89. The second-order valence-electron chi connectivity index (χ2n) is 8.35. The van der Waals surface area contributed by atoms with Crippen molar-refractivity contribution >= 4 is 35.3 Å². The van der Waals surface area contributed by atoms with Crippen LogP contribution in [0, 0.1) is 5.92 Å². The zero-order chi connectivity index (χ0) is 22.5. The molecule has 1 heterocycles. The Morgan fingerprint density at radius 3 is 2.56 bits per heavy atom. The molecule has 0 aromatic heterocycles. The first-order chi connectivity index (χ1) is 15.5. The lowest BCUT2D eigenvalue weighted by Crippen LogP contribution is -2.48. The molecule has 1 saturated carbocycles. The number of hydrogen-bond donors (Lipinski definition) is 2. The average molecular weight is 452 g/mol. The number of para-hydroxylation sites is 1. The molecule has 168 valence electrons. The molecule has 7 heteroatoms. The van der Waals surface area contributed by atoms with Gasteiger partial charge in [-0.1, -0.05) is 61.9 Å². The van der Waals surface area contributed by atoms with Gasteiger partial charge < -0.3 is 20.7 Å². The molecule has 2 aromatic carbocycles. The topological polar surface area (TPSA) is 84.7 Å². The van der Waals surface area contributed by atoms with Crippen LogP contribution < -0.4 is 15.8 Å². The van der Waals surface area contributed by atoms with Crippen molar-refractivity contribution in [3.63, 3.8) is 0 Å². The van der Waals surface area contributed by atoms with E-state index in [1.807, 2.05) is 48.5 Å². The molecule has 0 spiro atoms. The van der Waals surface area contributed by atoms with Crippen LogP contribution >= 0.6 is 11.8 Å². The van der Waals surface area contributed by atoms with E-state index in [2.05, 4.69) is 17.1 Å². The van der Waals surface area contributed by atoms with Gasteiger partial charge in [0.1, 0.15) is 5.75 Å². The van der Waals surface area contributed by atoms with E-state index < -0.39 is 5.91 Å².